The number of carbonyl (C=O) groups is 2. The third-order valence-corrected chi connectivity index (χ3v) is 3.22. The van der Waals surface area contributed by atoms with Crippen LogP contribution in [-0.4, -0.2) is 24.1 Å². The van der Waals surface area contributed by atoms with Gasteiger partial charge in [-0.25, -0.2) is 0 Å². The van der Waals surface area contributed by atoms with Crippen LogP contribution in [-0.2, 0) is 19.1 Å². The minimum Gasteiger partial charge on any atom is -0.457 e. The SMILES string of the molecule is CC1(C)C(=O)OC2C1OC(=O)C2(C)C. The van der Waals surface area contributed by atoms with E-state index in [4.69, 9.17) is 9.47 Å². The number of fused-ring (bicyclic) bond motifs is 1. The number of rotatable bonds is 0. The second-order valence-corrected chi connectivity index (χ2v) is 5.10. The van der Waals surface area contributed by atoms with Crippen molar-refractivity contribution in [3.8, 4) is 0 Å². The maximum Gasteiger partial charge on any atom is 0.315 e. The molecular formula is C10H14O4. The largest absolute Gasteiger partial charge is 0.457 e. The summed E-state index contributed by atoms with van der Waals surface area (Å²) in [7, 11) is 0. The first-order valence-corrected chi connectivity index (χ1v) is 4.70. The Hall–Kier alpha value is -1.06. The molecule has 0 spiro atoms. The molecule has 0 N–H and O–H groups in total. The molecule has 2 heterocycles. The van der Waals surface area contributed by atoms with Crippen LogP contribution in [0.3, 0.4) is 0 Å². The normalized spacial score (nSPS) is 37.7. The van der Waals surface area contributed by atoms with Crippen LogP contribution >= 0.6 is 0 Å². The van der Waals surface area contributed by atoms with Crippen LogP contribution in [0.1, 0.15) is 27.7 Å². The lowest BCUT2D eigenvalue weighted by Gasteiger charge is -2.19. The van der Waals surface area contributed by atoms with Crippen molar-refractivity contribution in [2.75, 3.05) is 0 Å². The van der Waals surface area contributed by atoms with Gasteiger partial charge in [0.25, 0.3) is 0 Å². The highest BCUT2D eigenvalue weighted by molar-refractivity contribution is 5.86. The van der Waals surface area contributed by atoms with Gasteiger partial charge in [-0.15, -0.1) is 0 Å². The van der Waals surface area contributed by atoms with Gasteiger partial charge in [-0.3, -0.25) is 9.59 Å². The molecule has 0 aromatic carbocycles. The summed E-state index contributed by atoms with van der Waals surface area (Å²) in [5.74, 6) is -0.568. The highest BCUT2D eigenvalue weighted by atomic mass is 16.6. The molecule has 0 aromatic rings. The first kappa shape index (κ1) is 9.49. The molecule has 2 atom stereocenters. The summed E-state index contributed by atoms with van der Waals surface area (Å²) in [5.41, 5.74) is -1.43. The number of carbonyl (C=O) groups excluding carboxylic acids is 2. The van der Waals surface area contributed by atoms with E-state index in [0.717, 1.165) is 0 Å². The van der Waals surface area contributed by atoms with Crippen molar-refractivity contribution >= 4 is 11.9 Å². The van der Waals surface area contributed by atoms with Gasteiger partial charge >= 0.3 is 11.9 Å². The van der Waals surface area contributed by atoms with Crippen LogP contribution < -0.4 is 0 Å². The van der Waals surface area contributed by atoms with E-state index in [9.17, 15) is 9.59 Å². The maximum atomic E-state index is 11.5. The second-order valence-electron chi connectivity index (χ2n) is 5.10. The average Bonchev–Trinajstić information content (AvgIpc) is 2.39. The highest BCUT2D eigenvalue weighted by Crippen LogP contribution is 2.48. The van der Waals surface area contributed by atoms with Gasteiger partial charge in [0.15, 0.2) is 12.2 Å². The molecule has 4 nitrogen and oxygen atoms in total. The van der Waals surface area contributed by atoms with Crippen LogP contribution in [0.15, 0.2) is 0 Å². The van der Waals surface area contributed by atoms with Gasteiger partial charge in [-0.05, 0) is 27.7 Å². The molecular weight excluding hydrogens is 184 g/mol. The van der Waals surface area contributed by atoms with Gasteiger partial charge in [-0.1, -0.05) is 0 Å². The average molecular weight is 198 g/mol. The smallest absolute Gasteiger partial charge is 0.315 e. The van der Waals surface area contributed by atoms with Crippen LogP contribution in [0, 0.1) is 10.8 Å². The molecule has 0 aromatic heterocycles. The Bertz CT molecular complexity index is 284. The van der Waals surface area contributed by atoms with E-state index >= 15 is 0 Å². The van der Waals surface area contributed by atoms with Crippen molar-refractivity contribution in [2.45, 2.75) is 39.9 Å². The molecule has 2 saturated heterocycles. The van der Waals surface area contributed by atoms with E-state index in [0.29, 0.717) is 0 Å². The van der Waals surface area contributed by atoms with E-state index in [-0.39, 0.29) is 11.9 Å². The molecule has 2 aliphatic heterocycles. The third-order valence-electron chi connectivity index (χ3n) is 3.22. The van der Waals surface area contributed by atoms with Gasteiger partial charge < -0.3 is 9.47 Å². The van der Waals surface area contributed by atoms with Crippen molar-refractivity contribution in [3.05, 3.63) is 0 Å². The standard InChI is InChI=1S/C10H14O4/c1-9(2)5-6(14-7(9)11)10(3,4)8(12)13-5/h5-6H,1-4H3. The van der Waals surface area contributed by atoms with Gasteiger partial charge in [-0.2, -0.15) is 0 Å². The Kier molecular flexibility index (Phi) is 1.56. The summed E-state index contributed by atoms with van der Waals surface area (Å²) >= 11 is 0. The molecule has 2 unspecified atom stereocenters. The number of ether oxygens (including phenoxy) is 2. The van der Waals surface area contributed by atoms with Crippen molar-refractivity contribution in [2.24, 2.45) is 10.8 Å². The quantitative estimate of drug-likeness (QED) is 0.542. The Morgan fingerprint density at radius 1 is 0.857 bits per heavy atom. The predicted octanol–water partition coefficient (Wildman–Crippen LogP) is 0.890. The molecule has 2 aliphatic rings. The van der Waals surface area contributed by atoms with Crippen molar-refractivity contribution in [1.82, 2.24) is 0 Å². The monoisotopic (exact) mass is 198 g/mol. The molecule has 2 fully saturated rings. The molecule has 0 bridgehead atoms. The summed E-state index contributed by atoms with van der Waals surface area (Å²) in [5, 5.41) is 0. The second kappa shape index (κ2) is 2.30. The Morgan fingerprint density at radius 2 is 1.14 bits per heavy atom. The lowest BCUT2D eigenvalue weighted by molar-refractivity contribution is -0.159. The third kappa shape index (κ3) is 0.885. The van der Waals surface area contributed by atoms with Gasteiger partial charge in [0.2, 0.25) is 0 Å². The van der Waals surface area contributed by atoms with Gasteiger partial charge in [0, 0.05) is 0 Å². The molecule has 14 heavy (non-hydrogen) atoms. The van der Waals surface area contributed by atoms with Crippen LogP contribution in [0.25, 0.3) is 0 Å². The summed E-state index contributed by atoms with van der Waals surface area (Å²) in [6.07, 6.45) is -0.866. The van der Waals surface area contributed by atoms with Crippen molar-refractivity contribution < 1.29 is 19.1 Å². The van der Waals surface area contributed by atoms with E-state index < -0.39 is 23.0 Å². The number of hydrogen-bond acceptors (Lipinski definition) is 4. The Balaban J connectivity index is 2.40. The van der Waals surface area contributed by atoms with Crippen LogP contribution in [0.2, 0.25) is 0 Å². The molecule has 0 amide bonds. The van der Waals surface area contributed by atoms with E-state index in [2.05, 4.69) is 0 Å². The molecule has 78 valence electrons. The highest BCUT2D eigenvalue weighted by Gasteiger charge is 2.65. The molecule has 0 radical (unpaired) electrons. The van der Waals surface area contributed by atoms with Crippen LogP contribution in [0.5, 0.6) is 0 Å². The first-order chi connectivity index (χ1) is 6.28. The molecule has 0 saturated carbocycles. The van der Waals surface area contributed by atoms with Crippen LogP contribution in [0.4, 0.5) is 0 Å². The minimum absolute atomic E-state index is 0.284. The van der Waals surface area contributed by atoms with Gasteiger partial charge in [0.05, 0.1) is 0 Å². The number of esters is 2. The summed E-state index contributed by atoms with van der Waals surface area (Å²) in [6.45, 7) is 6.98. The topological polar surface area (TPSA) is 52.6 Å². The van der Waals surface area contributed by atoms with E-state index in [1.54, 1.807) is 27.7 Å². The Labute approximate surface area is 82.6 Å². The summed E-state index contributed by atoms with van der Waals surface area (Å²) < 4.78 is 10.4. The lowest BCUT2D eigenvalue weighted by atomic mass is 9.80. The van der Waals surface area contributed by atoms with E-state index in [1.165, 1.54) is 0 Å². The fraction of sp³-hybridized carbons (Fsp3) is 0.800. The molecule has 0 aliphatic carbocycles. The zero-order valence-corrected chi connectivity index (χ0v) is 8.79. The number of hydrogen-bond donors (Lipinski definition) is 0. The molecule has 2 rings (SSSR count). The van der Waals surface area contributed by atoms with Gasteiger partial charge in [0.1, 0.15) is 10.8 Å². The minimum atomic E-state index is -0.714. The van der Waals surface area contributed by atoms with Crippen molar-refractivity contribution in [1.29, 1.82) is 0 Å². The summed E-state index contributed by atoms with van der Waals surface area (Å²) in [6, 6.07) is 0. The zero-order valence-electron chi connectivity index (χ0n) is 8.79. The zero-order chi connectivity index (χ0) is 10.7. The summed E-state index contributed by atoms with van der Waals surface area (Å²) in [4.78, 5) is 23.0. The van der Waals surface area contributed by atoms with E-state index in [1.807, 2.05) is 0 Å². The molecule has 4 heteroatoms. The lowest BCUT2D eigenvalue weighted by Crippen LogP contribution is -2.35. The fourth-order valence-corrected chi connectivity index (χ4v) is 1.94. The first-order valence-electron chi connectivity index (χ1n) is 4.70. The fourth-order valence-electron chi connectivity index (χ4n) is 1.94. The predicted molar refractivity (Wildman–Crippen MR) is 47.3 cm³/mol. The maximum absolute atomic E-state index is 11.5. The Morgan fingerprint density at radius 3 is 1.43 bits per heavy atom. The van der Waals surface area contributed by atoms with Crippen molar-refractivity contribution in [3.63, 3.8) is 0 Å².